The largest absolute Gasteiger partial charge is 0.310 e. The summed E-state index contributed by atoms with van der Waals surface area (Å²) in [6, 6.07) is 80.2. The molecule has 0 radical (unpaired) electrons. The highest BCUT2D eigenvalue weighted by Gasteiger charge is 2.28. The molecule has 11 aromatic carbocycles. The van der Waals surface area contributed by atoms with Crippen molar-refractivity contribution < 1.29 is 0 Å². The summed E-state index contributed by atoms with van der Waals surface area (Å²) in [6.45, 7) is 19.0. The highest BCUT2D eigenvalue weighted by Crippen LogP contribution is 2.51. The highest BCUT2D eigenvalue weighted by molar-refractivity contribution is 6.89. The zero-order valence-corrected chi connectivity index (χ0v) is 44.0. The molecule has 12 aromatic rings. The van der Waals surface area contributed by atoms with Gasteiger partial charge >= 0.3 is 0 Å². The number of nitrogens with zero attached hydrogens (tertiary/aromatic N) is 3. The molecule has 0 aliphatic rings. The Labute approximate surface area is 419 Å². The van der Waals surface area contributed by atoms with Gasteiger partial charge in [0.25, 0.3) is 0 Å². The van der Waals surface area contributed by atoms with Crippen molar-refractivity contribution in [2.75, 3.05) is 9.80 Å². The topological polar surface area (TPSA) is 11.4 Å². The van der Waals surface area contributed by atoms with E-state index in [-0.39, 0.29) is 0 Å². The van der Waals surface area contributed by atoms with Crippen molar-refractivity contribution in [1.82, 2.24) is 4.57 Å². The van der Waals surface area contributed by atoms with E-state index in [1.807, 2.05) is 0 Å². The van der Waals surface area contributed by atoms with Crippen LogP contribution in [-0.4, -0.2) is 20.7 Å². The highest BCUT2D eigenvalue weighted by atomic mass is 28.3. The van der Waals surface area contributed by atoms with Gasteiger partial charge in [-0.25, -0.2) is 0 Å². The molecule has 0 saturated carbocycles. The zero-order valence-electron chi connectivity index (χ0n) is 42.0. The Kier molecular flexibility index (Phi) is 10.7. The third-order valence-corrected chi connectivity index (χ3v) is 19.0. The van der Waals surface area contributed by atoms with Crippen LogP contribution < -0.4 is 20.2 Å². The maximum absolute atomic E-state index is 2.61. The van der Waals surface area contributed by atoms with Crippen molar-refractivity contribution in [3.8, 4) is 5.69 Å². The van der Waals surface area contributed by atoms with Crippen molar-refractivity contribution in [1.29, 1.82) is 0 Å². The summed E-state index contributed by atoms with van der Waals surface area (Å²) in [5.41, 5.74) is 12.8. The maximum atomic E-state index is 2.61. The van der Waals surface area contributed by atoms with Gasteiger partial charge in [0.2, 0.25) is 0 Å². The molecule has 346 valence electrons. The van der Waals surface area contributed by atoms with Crippen LogP contribution in [-0.2, 0) is 0 Å². The molecule has 0 bridgehead atoms. The van der Waals surface area contributed by atoms with E-state index in [9.17, 15) is 0 Å². The molecule has 0 atom stereocenters. The van der Waals surface area contributed by atoms with E-state index >= 15 is 0 Å². The number of rotatable bonds is 9. The molecular formula is C66H59N3Si2. The van der Waals surface area contributed by atoms with Gasteiger partial charge in [0.1, 0.15) is 0 Å². The van der Waals surface area contributed by atoms with Gasteiger partial charge in [-0.2, -0.15) is 0 Å². The number of hydrogen-bond acceptors (Lipinski definition) is 2. The molecule has 5 heteroatoms. The number of benzene rings is 11. The molecule has 0 fully saturated rings. The van der Waals surface area contributed by atoms with Crippen LogP contribution in [0.3, 0.4) is 0 Å². The molecule has 1 heterocycles. The second kappa shape index (κ2) is 17.0. The Hall–Kier alpha value is -7.71. The van der Waals surface area contributed by atoms with Crippen molar-refractivity contribution in [2.24, 2.45) is 0 Å². The molecular weight excluding hydrogens is 891 g/mol. The standard InChI is InChI=1S/C66H59N3Si2/c1-44-21-9-19-31-58(44)67(47-33-37-49(38-34-47)70(3,4)5)61-42-63-65(56-29-17-15-27-54(56)61)66-57-30-18-16-28-55(57)62(68(59-32-20-10-22-45(59)2)48-35-39-50(40-36-48)71(6,7)8)43-64(66)69(63)60-41-46-23-11-12-24-51(46)52-25-13-14-26-53(52)60/h9-43H,1-8H3. The lowest BCUT2D eigenvalue weighted by molar-refractivity contribution is 1.19. The third kappa shape index (κ3) is 7.45. The lowest BCUT2D eigenvalue weighted by Gasteiger charge is -2.29. The predicted molar refractivity (Wildman–Crippen MR) is 316 cm³/mol. The van der Waals surface area contributed by atoms with E-state index in [1.165, 1.54) is 86.7 Å². The molecule has 3 nitrogen and oxygen atoms in total. The summed E-state index contributed by atoms with van der Waals surface area (Å²) >= 11 is 0. The summed E-state index contributed by atoms with van der Waals surface area (Å²) < 4.78 is 2.61. The van der Waals surface area contributed by atoms with Crippen molar-refractivity contribution in [3.63, 3.8) is 0 Å². The average molecular weight is 950 g/mol. The number of anilines is 6. The van der Waals surface area contributed by atoms with Gasteiger partial charge in [0, 0.05) is 49.7 Å². The van der Waals surface area contributed by atoms with Crippen molar-refractivity contribution in [2.45, 2.75) is 53.1 Å². The Morgan fingerprint density at radius 3 is 1.13 bits per heavy atom. The first-order valence-electron chi connectivity index (χ1n) is 25.1. The molecule has 0 spiro atoms. The van der Waals surface area contributed by atoms with Crippen LogP contribution in [0.2, 0.25) is 39.3 Å². The summed E-state index contributed by atoms with van der Waals surface area (Å²) in [5, 5.41) is 15.2. The molecule has 1 aromatic heterocycles. The minimum atomic E-state index is -1.56. The van der Waals surface area contributed by atoms with Crippen LogP contribution in [0.5, 0.6) is 0 Å². The fourth-order valence-corrected chi connectivity index (χ4v) is 13.5. The van der Waals surface area contributed by atoms with Gasteiger partial charge in [0.15, 0.2) is 0 Å². The smallest absolute Gasteiger partial charge is 0.0775 e. The van der Waals surface area contributed by atoms with Crippen LogP contribution in [0.4, 0.5) is 34.1 Å². The molecule has 0 N–H and O–H groups in total. The summed E-state index contributed by atoms with van der Waals surface area (Å²) in [4.78, 5) is 5.03. The lowest BCUT2D eigenvalue weighted by atomic mass is 9.96. The van der Waals surface area contributed by atoms with Crippen molar-refractivity contribution in [3.05, 3.63) is 223 Å². The van der Waals surface area contributed by atoms with E-state index in [2.05, 4.69) is 280 Å². The molecule has 71 heavy (non-hydrogen) atoms. The number of fused-ring (bicyclic) bond motifs is 10. The number of aromatic nitrogens is 1. The fourth-order valence-electron chi connectivity index (χ4n) is 11.2. The number of para-hydroxylation sites is 2. The van der Waals surface area contributed by atoms with Gasteiger partial charge in [-0.05, 0) is 107 Å². The maximum Gasteiger partial charge on any atom is 0.0775 e. The second-order valence-corrected chi connectivity index (χ2v) is 31.7. The van der Waals surface area contributed by atoms with E-state index in [1.54, 1.807) is 0 Å². The molecule has 0 aliphatic carbocycles. The number of aryl methyl sites for hydroxylation is 2. The van der Waals surface area contributed by atoms with Crippen LogP contribution in [0.1, 0.15) is 11.1 Å². The van der Waals surface area contributed by atoms with Crippen LogP contribution in [0, 0.1) is 13.8 Å². The summed E-state index contributed by atoms with van der Waals surface area (Å²) in [5.74, 6) is 0. The molecule has 0 aliphatic heterocycles. The lowest BCUT2D eigenvalue weighted by Crippen LogP contribution is -2.37. The Morgan fingerprint density at radius 1 is 0.324 bits per heavy atom. The van der Waals surface area contributed by atoms with Crippen LogP contribution >= 0.6 is 0 Å². The van der Waals surface area contributed by atoms with Gasteiger partial charge in [-0.15, -0.1) is 0 Å². The molecule has 0 saturated heterocycles. The normalized spacial score (nSPS) is 12.2. The predicted octanol–water partition coefficient (Wildman–Crippen LogP) is 18.0. The first-order chi connectivity index (χ1) is 34.3. The zero-order chi connectivity index (χ0) is 48.8. The van der Waals surface area contributed by atoms with Gasteiger partial charge in [0.05, 0.1) is 44.2 Å². The minimum absolute atomic E-state index is 1.14. The molecule has 12 rings (SSSR count). The van der Waals surface area contributed by atoms with Crippen LogP contribution in [0.25, 0.3) is 70.6 Å². The van der Waals surface area contributed by atoms with Gasteiger partial charge < -0.3 is 14.4 Å². The molecule has 0 amide bonds. The Morgan fingerprint density at radius 2 is 0.690 bits per heavy atom. The van der Waals surface area contributed by atoms with Crippen molar-refractivity contribution >= 4 is 126 Å². The SMILES string of the molecule is Cc1ccccc1N(c1ccc([Si](C)(C)C)cc1)c1cc2c(c3ccccc13)c1c3ccccc3c(N(c3ccc([Si](C)(C)C)cc3)c3ccccc3C)cc1n2-c1cc2ccccc2c2ccccc12. The van der Waals surface area contributed by atoms with Crippen LogP contribution in [0.15, 0.2) is 212 Å². The molecule has 0 unspecified atom stereocenters. The van der Waals surface area contributed by atoms with E-state index in [4.69, 9.17) is 0 Å². The second-order valence-electron chi connectivity index (χ2n) is 21.5. The monoisotopic (exact) mass is 949 g/mol. The summed E-state index contributed by atoms with van der Waals surface area (Å²) in [6.07, 6.45) is 0. The van der Waals surface area contributed by atoms with E-state index < -0.39 is 16.1 Å². The van der Waals surface area contributed by atoms with E-state index in [0.717, 1.165) is 39.5 Å². The Balaban J connectivity index is 1.27. The minimum Gasteiger partial charge on any atom is -0.310 e. The third-order valence-electron chi connectivity index (χ3n) is 14.9. The van der Waals surface area contributed by atoms with Gasteiger partial charge in [-0.3, -0.25) is 0 Å². The number of hydrogen-bond donors (Lipinski definition) is 0. The van der Waals surface area contributed by atoms with E-state index in [0.29, 0.717) is 0 Å². The first-order valence-corrected chi connectivity index (χ1v) is 32.1. The average Bonchev–Trinajstić information content (AvgIpc) is 3.71. The van der Waals surface area contributed by atoms with Gasteiger partial charge in [-0.1, -0.05) is 207 Å². The fraction of sp³-hybridized carbons (Fsp3) is 0.121. The summed E-state index contributed by atoms with van der Waals surface area (Å²) in [7, 11) is -3.13. The quantitative estimate of drug-likeness (QED) is 0.106. The first kappa shape index (κ1) is 44.5. The Bertz CT molecular complexity index is 3840.